The highest BCUT2D eigenvalue weighted by molar-refractivity contribution is 6.03. The van der Waals surface area contributed by atoms with Crippen molar-refractivity contribution in [2.24, 2.45) is 0 Å². The largest absolute Gasteiger partial charge is 0.484 e. The van der Waals surface area contributed by atoms with E-state index >= 15 is 0 Å². The number of ether oxygens (including phenoxy) is 1. The van der Waals surface area contributed by atoms with E-state index in [1.807, 2.05) is 0 Å². The maximum absolute atomic E-state index is 7.00. The number of allylic oxidation sites excluding steroid dienone is 3. The first-order valence-electron chi connectivity index (χ1n) is 17.5. The molecule has 44 heavy (non-hydrogen) atoms. The summed E-state index contributed by atoms with van der Waals surface area (Å²) >= 11 is 0. The second kappa shape index (κ2) is 9.86. The Kier molecular flexibility index (Phi) is 5.72. The molecule has 2 unspecified atom stereocenters. The summed E-state index contributed by atoms with van der Waals surface area (Å²) in [5.74, 6) is 2.61. The zero-order valence-electron chi connectivity index (χ0n) is 25.6. The molecule has 6 aliphatic rings. The summed E-state index contributed by atoms with van der Waals surface area (Å²) in [7, 11) is 0. The first kappa shape index (κ1) is 25.5. The number of furan rings is 1. The van der Waals surface area contributed by atoms with Gasteiger partial charge in [-0.2, -0.15) is 0 Å². The van der Waals surface area contributed by atoms with Crippen LogP contribution >= 0.6 is 0 Å². The highest BCUT2D eigenvalue weighted by atomic mass is 16.5. The lowest BCUT2D eigenvalue weighted by Crippen LogP contribution is -2.17. The van der Waals surface area contributed by atoms with E-state index in [4.69, 9.17) is 9.15 Å². The molecule has 220 valence electrons. The molecule has 0 N–H and O–H groups in total. The average molecular weight is 577 g/mol. The number of benzene rings is 3. The molecule has 2 atom stereocenters. The Balaban J connectivity index is 1.32. The third-order valence-corrected chi connectivity index (χ3v) is 11.6. The fourth-order valence-corrected chi connectivity index (χ4v) is 9.71. The van der Waals surface area contributed by atoms with Gasteiger partial charge in [-0.1, -0.05) is 48.6 Å². The normalized spacial score (nSPS) is 22.5. The highest BCUT2D eigenvalue weighted by Crippen LogP contribution is 2.56. The zero-order valence-corrected chi connectivity index (χ0v) is 25.6. The Labute approximate surface area is 260 Å². The van der Waals surface area contributed by atoms with Crippen molar-refractivity contribution in [1.29, 1.82) is 0 Å². The average Bonchev–Trinajstić information content (AvgIpc) is 3.64. The molecule has 0 fully saturated rings. The van der Waals surface area contributed by atoms with Gasteiger partial charge in [-0.15, -0.1) is 0 Å². The van der Waals surface area contributed by atoms with Crippen LogP contribution in [0.3, 0.4) is 0 Å². The van der Waals surface area contributed by atoms with Crippen molar-refractivity contribution in [2.75, 3.05) is 0 Å². The third kappa shape index (κ3) is 3.60. The fraction of sp³-hybridized carbons (Fsp3) is 0.381. The minimum absolute atomic E-state index is 0.0737. The van der Waals surface area contributed by atoms with Gasteiger partial charge < -0.3 is 9.15 Å². The Morgan fingerprint density at radius 1 is 0.659 bits per heavy atom. The molecule has 0 bridgehead atoms. The topological polar surface area (TPSA) is 22.4 Å². The SMILES string of the molecule is C1=CC2Oc3c(cc4c5c(oc4c3-c3c4c(c(-c6cccc7c6C=CCC7)c6c3CCCC6)CCCC4)CCCC5)C2C=C1. The summed E-state index contributed by atoms with van der Waals surface area (Å²) in [5, 5.41) is 1.36. The number of hydrogen-bond donors (Lipinski definition) is 0. The molecular weight excluding hydrogens is 536 g/mol. The molecule has 1 aromatic heterocycles. The lowest BCUT2D eigenvalue weighted by molar-refractivity contribution is 0.269. The van der Waals surface area contributed by atoms with E-state index in [1.165, 1.54) is 101 Å². The van der Waals surface area contributed by atoms with E-state index in [9.17, 15) is 0 Å². The molecule has 5 aliphatic carbocycles. The molecule has 2 heteroatoms. The van der Waals surface area contributed by atoms with Crippen molar-refractivity contribution in [3.63, 3.8) is 0 Å². The van der Waals surface area contributed by atoms with E-state index < -0.39 is 0 Å². The van der Waals surface area contributed by atoms with Crippen LogP contribution in [0.4, 0.5) is 0 Å². The summed E-state index contributed by atoms with van der Waals surface area (Å²) in [6.45, 7) is 0. The quantitative estimate of drug-likeness (QED) is 0.237. The van der Waals surface area contributed by atoms with Gasteiger partial charge in [-0.25, -0.2) is 0 Å². The molecule has 0 spiro atoms. The number of fused-ring (bicyclic) bond motifs is 9. The monoisotopic (exact) mass is 576 g/mol. The molecule has 0 radical (unpaired) electrons. The van der Waals surface area contributed by atoms with Gasteiger partial charge in [0, 0.05) is 28.9 Å². The minimum atomic E-state index is 0.0737. The van der Waals surface area contributed by atoms with E-state index in [0.717, 1.165) is 49.9 Å². The Morgan fingerprint density at radius 3 is 2.16 bits per heavy atom. The summed E-state index contributed by atoms with van der Waals surface area (Å²) in [6.07, 6.45) is 30.6. The first-order chi connectivity index (χ1) is 21.8. The molecule has 3 aromatic carbocycles. The minimum Gasteiger partial charge on any atom is -0.484 e. The zero-order chi connectivity index (χ0) is 28.8. The summed E-state index contributed by atoms with van der Waals surface area (Å²) < 4.78 is 14.0. The maximum Gasteiger partial charge on any atom is 0.146 e. The predicted molar refractivity (Wildman–Crippen MR) is 180 cm³/mol. The van der Waals surface area contributed by atoms with E-state index in [-0.39, 0.29) is 12.0 Å². The summed E-state index contributed by atoms with van der Waals surface area (Å²) in [4.78, 5) is 0. The Hall–Kier alpha value is -3.78. The fourth-order valence-electron chi connectivity index (χ4n) is 9.71. The molecule has 0 amide bonds. The molecule has 4 aromatic rings. The highest BCUT2D eigenvalue weighted by Gasteiger charge is 2.39. The van der Waals surface area contributed by atoms with Gasteiger partial charge in [0.05, 0.1) is 5.56 Å². The standard InChI is InChI=1S/C42H40O2/c1-2-14-26-25(12-1)13-11-21-29(26)38-30-17-3-5-19-32(30)39(33-20-6-4-18-31(33)38)40-41-34(27-15-7-9-22-36(27)43-41)24-35-28-16-8-10-23-37(28)44-42(35)40/h2,7,9,11,13-15,21-22,24,27,36H,1,3-6,8,10,12,16-20,23H2. The molecule has 2 heterocycles. The van der Waals surface area contributed by atoms with Crippen LogP contribution in [0.5, 0.6) is 5.75 Å². The maximum atomic E-state index is 7.00. The van der Waals surface area contributed by atoms with Crippen molar-refractivity contribution in [2.45, 2.75) is 102 Å². The predicted octanol–water partition coefficient (Wildman–Crippen LogP) is 10.3. The van der Waals surface area contributed by atoms with Gasteiger partial charge in [0.2, 0.25) is 0 Å². The lowest BCUT2D eigenvalue weighted by atomic mass is 9.71. The molecule has 2 nitrogen and oxygen atoms in total. The van der Waals surface area contributed by atoms with Crippen LogP contribution in [0, 0.1) is 0 Å². The van der Waals surface area contributed by atoms with Crippen molar-refractivity contribution >= 4 is 17.0 Å². The smallest absolute Gasteiger partial charge is 0.146 e. The van der Waals surface area contributed by atoms with Crippen molar-refractivity contribution in [1.82, 2.24) is 0 Å². The van der Waals surface area contributed by atoms with Gasteiger partial charge >= 0.3 is 0 Å². The van der Waals surface area contributed by atoms with Gasteiger partial charge in [0.15, 0.2) is 0 Å². The molecule has 10 rings (SSSR count). The Morgan fingerprint density at radius 2 is 1.36 bits per heavy atom. The van der Waals surface area contributed by atoms with E-state index in [0.29, 0.717) is 0 Å². The van der Waals surface area contributed by atoms with Crippen molar-refractivity contribution in [3.8, 4) is 28.0 Å². The van der Waals surface area contributed by atoms with Crippen LogP contribution in [0.25, 0.3) is 39.3 Å². The van der Waals surface area contributed by atoms with Gasteiger partial charge in [0.25, 0.3) is 0 Å². The number of hydrogen-bond acceptors (Lipinski definition) is 2. The van der Waals surface area contributed by atoms with E-state index in [2.05, 4.69) is 60.7 Å². The molecule has 1 aliphatic heterocycles. The first-order valence-corrected chi connectivity index (χ1v) is 17.5. The van der Waals surface area contributed by atoms with Crippen LogP contribution < -0.4 is 4.74 Å². The molecule has 0 saturated heterocycles. The van der Waals surface area contributed by atoms with Crippen LogP contribution in [0.15, 0.2) is 59.1 Å². The summed E-state index contributed by atoms with van der Waals surface area (Å²) in [5.41, 5.74) is 19.2. The van der Waals surface area contributed by atoms with Crippen molar-refractivity contribution in [3.05, 3.63) is 105 Å². The van der Waals surface area contributed by atoms with Crippen molar-refractivity contribution < 1.29 is 9.15 Å². The van der Waals surface area contributed by atoms with Gasteiger partial charge in [0.1, 0.15) is 23.2 Å². The van der Waals surface area contributed by atoms with Gasteiger partial charge in [-0.05, 0) is 146 Å². The van der Waals surface area contributed by atoms with Crippen LogP contribution in [-0.4, -0.2) is 6.10 Å². The molecule has 0 saturated carbocycles. The third-order valence-electron chi connectivity index (χ3n) is 11.6. The second-order valence-corrected chi connectivity index (χ2v) is 14.0. The number of aryl methyl sites for hydroxylation is 3. The second-order valence-electron chi connectivity index (χ2n) is 14.0. The lowest BCUT2D eigenvalue weighted by Gasteiger charge is -2.33. The summed E-state index contributed by atoms with van der Waals surface area (Å²) in [6, 6.07) is 9.58. The van der Waals surface area contributed by atoms with Crippen LogP contribution in [-0.2, 0) is 44.9 Å². The molecular formula is C42H40O2. The van der Waals surface area contributed by atoms with Crippen LogP contribution in [0.2, 0.25) is 0 Å². The van der Waals surface area contributed by atoms with Gasteiger partial charge in [-0.3, -0.25) is 0 Å². The van der Waals surface area contributed by atoms with Crippen LogP contribution in [0.1, 0.15) is 101 Å². The Bertz CT molecular complexity index is 1920. The van der Waals surface area contributed by atoms with E-state index in [1.54, 1.807) is 27.8 Å². The number of rotatable bonds is 2.